The standard InChI is InChI=1S/C20H23ClO2/c1-13(2)15-8-9-17(14(3)4)20(10-15)23-12-16-6-5-7-19(21)18(16)11-22/h5-11,13-14H,12H2,1-4H3. The van der Waals surface area contributed by atoms with Crippen molar-refractivity contribution in [3.63, 3.8) is 0 Å². The van der Waals surface area contributed by atoms with Gasteiger partial charge in [-0.05, 0) is 35.1 Å². The average molecular weight is 331 g/mol. The first-order valence-electron chi connectivity index (χ1n) is 7.93. The van der Waals surface area contributed by atoms with E-state index in [4.69, 9.17) is 16.3 Å². The Bertz CT molecular complexity index is 690. The molecule has 0 saturated carbocycles. The van der Waals surface area contributed by atoms with Crippen LogP contribution in [0.5, 0.6) is 5.75 Å². The van der Waals surface area contributed by atoms with E-state index in [0.717, 1.165) is 17.6 Å². The average Bonchev–Trinajstić information content (AvgIpc) is 2.52. The fourth-order valence-corrected chi connectivity index (χ4v) is 2.75. The molecule has 0 spiro atoms. The first kappa shape index (κ1) is 17.6. The van der Waals surface area contributed by atoms with E-state index in [1.807, 2.05) is 12.1 Å². The van der Waals surface area contributed by atoms with Crippen molar-refractivity contribution in [1.29, 1.82) is 0 Å². The minimum Gasteiger partial charge on any atom is -0.489 e. The van der Waals surface area contributed by atoms with Gasteiger partial charge in [-0.1, -0.05) is 63.6 Å². The molecule has 122 valence electrons. The van der Waals surface area contributed by atoms with Crippen LogP contribution in [-0.2, 0) is 6.61 Å². The summed E-state index contributed by atoms with van der Waals surface area (Å²) in [7, 11) is 0. The zero-order chi connectivity index (χ0) is 17.0. The van der Waals surface area contributed by atoms with Crippen LogP contribution in [0.2, 0.25) is 5.02 Å². The van der Waals surface area contributed by atoms with Crippen LogP contribution in [-0.4, -0.2) is 6.29 Å². The summed E-state index contributed by atoms with van der Waals surface area (Å²) >= 11 is 6.07. The van der Waals surface area contributed by atoms with Crippen molar-refractivity contribution in [3.8, 4) is 5.75 Å². The molecule has 0 N–H and O–H groups in total. The number of carbonyl (C=O) groups excluding carboxylic acids is 1. The summed E-state index contributed by atoms with van der Waals surface area (Å²) in [6, 6.07) is 11.8. The second-order valence-corrected chi connectivity index (χ2v) is 6.73. The molecule has 0 radical (unpaired) electrons. The van der Waals surface area contributed by atoms with Crippen LogP contribution in [0.4, 0.5) is 0 Å². The summed E-state index contributed by atoms with van der Waals surface area (Å²) in [5.74, 6) is 1.69. The molecule has 0 unspecified atom stereocenters. The third-order valence-electron chi connectivity index (χ3n) is 3.97. The molecule has 0 aliphatic carbocycles. The molecule has 0 saturated heterocycles. The third-order valence-corrected chi connectivity index (χ3v) is 4.30. The predicted octanol–water partition coefficient (Wildman–Crippen LogP) is 5.98. The summed E-state index contributed by atoms with van der Waals surface area (Å²) in [4.78, 5) is 11.2. The number of halogens is 1. The molecule has 23 heavy (non-hydrogen) atoms. The Morgan fingerprint density at radius 3 is 2.43 bits per heavy atom. The summed E-state index contributed by atoms with van der Waals surface area (Å²) in [6.07, 6.45) is 0.787. The van der Waals surface area contributed by atoms with Crippen molar-refractivity contribution in [2.45, 2.75) is 46.1 Å². The van der Waals surface area contributed by atoms with Crippen molar-refractivity contribution >= 4 is 17.9 Å². The van der Waals surface area contributed by atoms with Crippen molar-refractivity contribution in [2.24, 2.45) is 0 Å². The highest BCUT2D eigenvalue weighted by Gasteiger charge is 2.12. The van der Waals surface area contributed by atoms with Gasteiger partial charge in [0, 0.05) is 11.1 Å². The molecule has 0 aromatic heterocycles. The zero-order valence-electron chi connectivity index (χ0n) is 14.1. The number of rotatable bonds is 6. The molecule has 0 atom stereocenters. The molecule has 2 aromatic rings. The molecule has 3 heteroatoms. The Hall–Kier alpha value is -1.80. The summed E-state index contributed by atoms with van der Waals surface area (Å²) in [5.41, 5.74) is 3.72. The van der Waals surface area contributed by atoms with Gasteiger partial charge >= 0.3 is 0 Å². The number of ether oxygens (including phenoxy) is 1. The van der Waals surface area contributed by atoms with Crippen LogP contribution >= 0.6 is 11.6 Å². The van der Waals surface area contributed by atoms with Gasteiger partial charge < -0.3 is 4.74 Å². The van der Waals surface area contributed by atoms with Gasteiger partial charge in [-0.3, -0.25) is 4.79 Å². The Morgan fingerprint density at radius 1 is 1.09 bits per heavy atom. The number of aldehydes is 1. The number of benzene rings is 2. The number of carbonyl (C=O) groups is 1. The summed E-state index contributed by atoms with van der Waals surface area (Å²) in [5, 5.41) is 0.459. The lowest BCUT2D eigenvalue weighted by Gasteiger charge is -2.17. The fraction of sp³-hybridized carbons (Fsp3) is 0.350. The molecule has 0 aliphatic heterocycles. The van der Waals surface area contributed by atoms with Crippen molar-refractivity contribution in [3.05, 3.63) is 63.7 Å². The van der Waals surface area contributed by atoms with Crippen molar-refractivity contribution < 1.29 is 9.53 Å². The highest BCUT2D eigenvalue weighted by Crippen LogP contribution is 2.31. The minimum absolute atomic E-state index is 0.329. The lowest BCUT2D eigenvalue weighted by atomic mass is 9.96. The van der Waals surface area contributed by atoms with Crippen LogP contribution < -0.4 is 4.74 Å². The normalized spacial score (nSPS) is 11.1. The van der Waals surface area contributed by atoms with Crippen molar-refractivity contribution in [1.82, 2.24) is 0 Å². The maximum Gasteiger partial charge on any atom is 0.151 e. The predicted molar refractivity (Wildman–Crippen MR) is 95.8 cm³/mol. The third kappa shape index (κ3) is 4.14. The van der Waals surface area contributed by atoms with E-state index in [1.54, 1.807) is 6.07 Å². The minimum atomic E-state index is 0.329. The molecule has 0 bridgehead atoms. The maximum absolute atomic E-state index is 11.2. The van der Waals surface area contributed by atoms with E-state index in [2.05, 4.69) is 45.9 Å². The van der Waals surface area contributed by atoms with E-state index in [-0.39, 0.29) is 0 Å². The highest BCUT2D eigenvalue weighted by atomic mass is 35.5. The van der Waals surface area contributed by atoms with Crippen molar-refractivity contribution in [2.75, 3.05) is 0 Å². The number of hydrogen-bond acceptors (Lipinski definition) is 2. The van der Waals surface area contributed by atoms with Gasteiger partial charge in [0.2, 0.25) is 0 Å². The topological polar surface area (TPSA) is 26.3 Å². The Balaban J connectivity index is 2.31. The van der Waals surface area contributed by atoms with Crippen LogP contribution in [0.25, 0.3) is 0 Å². The highest BCUT2D eigenvalue weighted by molar-refractivity contribution is 6.33. The molecule has 2 nitrogen and oxygen atoms in total. The lowest BCUT2D eigenvalue weighted by molar-refractivity contribution is 0.112. The molecule has 0 aliphatic rings. The molecule has 2 aromatic carbocycles. The first-order valence-corrected chi connectivity index (χ1v) is 8.31. The fourth-order valence-electron chi connectivity index (χ4n) is 2.51. The summed E-state index contributed by atoms with van der Waals surface area (Å²) < 4.78 is 6.06. The Morgan fingerprint density at radius 2 is 1.83 bits per heavy atom. The maximum atomic E-state index is 11.2. The molecule has 0 heterocycles. The Labute approximate surface area is 143 Å². The van der Waals surface area contributed by atoms with Crippen LogP contribution in [0.3, 0.4) is 0 Å². The smallest absolute Gasteiger partial charge is 0.151 e. The lowest BCUT2D eigenvalue weighted by Crippen LogP contribution is -2.04. The van der Waals surface area contributed by atoms with Gasteiger partial charge in [-0.25, -0.2) is 0 Å². The van der Waals surface area contributed by atoms with E-state index < -0.39 is 0 Å². The SMILES string of the molecule is CC(C)c1ccc(C(C)C)c(OCc2cccc(Cl)c2C=O)c1. The molecular formula is C20H23ClO2. The van der Waals surface area contributed by atoms with Gasteiger partial charge in [0.05, 0.1) is 5.02 Å². The van der Waals surface area contributed by atoms with E-state index >= 15 is 0 Å². The van der Waals surface area contributed by atoms with Crippen LogP contribution in [0, 0.1) is 0 Å². The Kier molecular flexibility index (Phi) is 5.84. The largest absolute Gasteiger partial charge is 0.489 e. The molecule has 0 amide bonds. The van der Waals surface area contributed by atoms with E-state index in [0.29, 0.717) is 29.0 Å². The van der Waals surface area contributed by atoms with Gasteiger partial charge in [-0.2, -0.15) is 0 Å². The van der Waals surface area contributed by atoms with Gasteiger partial charge in [0.15, 0.2) is 6.29 Å². The zero-order valence-corrected chi connectivity index (χ0v) is 14.9. The second-order valence-electron chi connectivity index (χ2n) is 6.33. The quantitative estimate of drug-likeness (QED) is 0.609. The van der Waals surface area contributed by atoms with Crippen LogP contribution in [0.1, 0.15) is 66.6 Å². The van der Waals surface area contributed by atoms with Gasteiger partial charge in [-0.15, -0.1) is 0 Å². The van der Waals surface area contributed by atoms with E-state index in [9.17, 15) is 4.79 Å². The summed E-state index contributed by atoms with van der Waals surface area (Å²) in [6.45, 7) is 8.95. The second kappa shape index (κ2) is 7.65. The van der Waals surface area contributed by atoms with Gasteiger partial charge in [0.1, 0.15) is 12.4 Å². The first-order chi connectivity index (χ1) is 10.9. The monoisotopic (exact) mass is 330 g/mol. The molecular weight excluding hydrogens is 308 g/mol. The number of hydrogen-bond donors (Lipinski definition) is 0. The van der Waals surface area contributed by atoms with Crippen LogP contribution in [0.15, 0.2) is 36.4 Å². The van der Waals surface area contributed by atoms with E-state index in [1.165, 1.54) is 11.1 Å². The van der Waals surface area contributed by atoms with Gasteiger partial charge in [0.25, 0.3) is 0 Å². The molecule has 0 fully saturated rings. The molecule has 2 rings (SSSR count).